The molecule has 1 unspecified atom stereocenters. The van der Waals surface area contributed by atoms with E-state index in [4.69, 9.17) is 15.9 Å². The summed E-state index contributed by atoms with van der Waals surface area (Å²) in [5.41, 5.74) is 2.62. The predicted octanol–water partition coefficient (Wildman–Crippen LogP) is 3.66. The monoisotopic (exact) mass is 275 g/mol. The van der Waals surface area contributed by atoms with Crippen LogP contribution in [-0.2, 0) is 4.74 Å². The fraction of sp³-hybridized carbons (Fsp3) is 0.438. The Kier molecular flexibility index (Phi) is 5.92. The van der Waals surface area contributed by atoms with Crippen molar-refractivity contribution in [3.63, 3.8) is 0 Å². The van der Waals surface area contributed by atoms with E-state index in [2.05, 4.69) is 11.2 Å². The number of rotatable bonds is 5. The molecule has 0 spiro atoms. The third-order valence-electron chi connectivity index (χ3n) is 2.71. The van der Waals surface area contributed by atoms with Gasteiger partial charge in [-0.3, -0.25) is 5.32 Å². The maximum absolute atomic E-state index is 11.7. The van der Waals surface area contributed by atoms with E-state index >= 15 is 0 Å². The molecule has 0 saturated heterocycles. The summed E-state index contributed by atoms with van der Waals surface area (Å²) in [6.45, 7) is 8.19. The molecule has 4 heteroatoms. The Morgan fingerprint density at radius 3 is 2.50 bits per heavy atom. The molecule has 4 nitrogen and oxygen atoms in total. The fourth-order valence-electron chi connectivity index (χ4n) is 1.93. The topological polar surface area (TPSA) is 47.6 Å². The molecule has 0 heterocycles. The van der Waals surface area contributed by atoms with Gasteiger partial charge in [0.1, 0.15) is 11.9 Å². The first-order chi connectivity index (χ1) is 9.47. The van der Waals surface area contributed by atoms with Crippen LogP contribution in [0.5, 0.6) is 5.75 Å². The minimum absolute atomic E-state index is 0.301. The van der Waals surface area contributed by atoms with Crippen LogP contribution in [0.3, 0.4) is 0 Å². The van der Waals surface area contributed by atoms with Crippen LogP contribution >= 0.6 is 0 Å². The van der Waals surface area contributed by atoms with Crippen molar-refractivity contribution in [2.75, 3.05) is 11.9 Å². The maximum Gasteiger partial charge on any atom is 0.411 e. The number of amides is 1. The zero-order valence-corrected chi connectivity index (χ0v) is 12.4. The van der Waals surface area contributed by atoms with E-state index in [-0.39, 0.29) is 6.10 Å². The lowest BCUT2D eigenvalue weighted by Gasteiger charge is -2.15. The lowest BCUT2D eigenvalue weighted by molar-refractivity contribution is 0.123. The van der Waals surface area contributed by atoms with Gasteiger partial charge in [-0.2, -0.15) is 0 Å². The molecule has 108 valence electrons. The molecule has 1 aromatic rings. The molecule has 1 aromatic carbocycles. The smallest absolute Gasteiger partial charge is 0.411 e. The Morgan fingerprint density at radius 2 is 2.00 bits per heavy atom. The van der Waals surface area contributed by atoms with Crippen LogP contribution < -0.4 is 10.1 Å². The summed E-state index contributed by atoms with van der Waals surface area (Å²) in [4.78, 5) is 11.7. The quantitative estimate of drug-likeness (QED) is 0.834. The van der Waals surface area contributed by atoms with Gasteiger partial charge in [-0.05, 0) is 51.0 Å². The standard InChI is InChI=1S/C16H21NO3/c1-6-8-13(5)20-16(18)17-14-9-11(3)15(19-7-2)12(4)10-14/h1,9-10,13H,7-8H2,2-5H3,(H,17,18). The Balaban J connectivity index is 2.74. The van der Waals surface area contributed by atoms with Crippen LogP contribution in [0.4, 0.5) is 10.5 Å². The van der Waals surface area contributed by atoms with Crippen molar-refractivity contribution in [3.05, 3.63) is 23.3 Å². The molecule has 0 radical (unpaired) electrons. The predicted molar refractivity (Wildman–Crippen MR) is 80.1 cm³/mol. The molecule has 1 amide bonds. The second kappa shape index (κ2) is 7.44. The highest BCUT2D eigenvalue weighted by Gasteiger charge is 2.11. The number of nitrogens with one attached hydrogen (secondary N) is 1. The van der Waals surface area contributed by atoms with Gasteiger partial charge >= 0.3 is 6.09 Å². The summed E-state index contributed by atoms with van der Waals surface area (Å²) >= 11 is 0. The first-order valence-electron chi connectivity index (χ1n) is 6.63. The minimum Gasteiger partial charge on any atom is -0.493 e. The van der Waals surface area contributed by atoms with E-state index in [9.17, 15) is 4.79 Å². The summed E-state index contributed by atoms with van der Waals surface area (Å²) in [6, 6.07) is 3.70. The lowest BCUT2D eigenvalue weighted by atomic mass is 10.1. The van der Waals surface area contributed by atoms with Crippen LogP contribution in [0.15, 0.2) is 12.1 Å². The number of benzene rings is 1. The minimum atomic E-state index is -0.504. The van der Waals surface area contributed by atoms with Crippen molar-refractivity contribution in [2.45, 2.75) is 40.2 Å². The second-order valence-electron chi connectivity index (χ2n) is 4.62. The molecule has 0 aliphatic heterocycles. The molecule has 0 fully saturated rings. The zero-order valence-electron chi connectivity index (χ0n) is 12.4. The summed E-state index contributed by atoms with van der Waals surface area (Å²) < 4.78 is 10.7. The zero-order chi connectivity index (χ0) is 15.1. The van der Waals surface area contributed by atoms with Gasteiger partial charge in [0.2, 0.25) is 0 Å². The van der Waals surface area contributed by atoms with Gasteiger partial charge in [0.05, 0.1) is 6.61 Å². The number of anilines is 1. The number of carbonyl (C=O) groups excluding carboxylic acids is 1. The largest absolute Gasteiger partial charge is 0.493 e. The van der Waals surface area contributed by atoms with Crippen LogP contribution in [0.2, 0.25) is 0 Å². The van der Waals surface area contributed by atoms with Crippen LogP contribution in [0, 0.1) is 26.2 Å². The Morgan fingerprint density at radius 1 is 1.40 bits per heavy atom. The normalized spacial score (nSPS) is 11.3. The van der Waals surface area contributed by atoms with E-state index in [1.807, 2.05) is 32.9 Å². The van der Waals surface area contributed by atoms with Gasteiger partial charge in [0.15, 0.2) is 0 Å². The number of hydrogen-bond donors (Lipinski definition) is 1. The number of carbonyl (C=O) groups is 1. The molecule has 1 atom stereocenters. The Bertz CT molecular complexity index is 494. The molecule has 0 aliphatic rings. The third kappa shape index (κ3) is 4.51. The van der Waals surface area contributed by atoms with Gasteiger partial charge in [-0.15, -0.1) is 12.3 Å². The highest BCUT2D eigenvalue weighted by molar-refractivity contribution is 5.85. The fourth-order valence-corrected chi connectivity index (χ4v) is 1.93. The van der Waals surface area contributed by atoms with E-state index < -0.39 is 6.09 Å². The number of hydrogen-bond acceptors (Lipinski definition) is 3. The van der Waals surface area contributed by atoms with Crippen molar-refractivity contribution >= 4 is 11.8 Å². The highest BCUT2D eigenvalue weighted by atomic mass is 16.6. The van der Waals surface area contributed by atoms with Gasteiger partial charge in [0.25, 0.3) is 0 Å². The van der Waals surface area contributed by atoms with E-state index in [1.165, 1.54) is 0 Å². The molecule has 0 bridgehead atoms. The van der Waals surface area contributed by atoms with Gasteiger partial charge < -0.3 is 9.47 Å². The first kappa shape index (κ1) is 15.9. The highest BCUT2D eigenvalue weighted by Crippen LogP contribution is 2.27. The average Bonchev–Trinajstić information content (AvgIpc) is 2.33. The van der Waals surface area contributed by atoms with Gasteiger partial charge in [-0.25, -0.2) is 4.79 Å². The van der Waals surface area contributed by atoms with Crippen LogP contribution in [-0.4, -0.2) is 18.8 Å². The summed E-state index contributed by atoms with van der Waals surface area (Å²) in [5.74, 6) is 3.31. The first-order valence-corrected chi connectivity index (χ1v) is 6.63. The summed E-state index contributed by atoms with van der Waals surface area (Å²) in [5, 5.41) is 2.70. The van der Waals surface area contributed by atoms with Crippen molar-refractivity contribution in [3.8, 4) is 18.1 Å². The van der Waals surface area contributed by atoms with Crippen LogP contribution in [0.25, 0.3) is 0 Å². The van der Waals surface area contributed by atoms with Gasteiger partial charge in [-0.1, -0.05) is 0 Å². The Labute approximate surface area is 120 Å². The maximum atomic E-state index is 11.7. The van der Waals surface area contributed by atoms with E-state index in [0.717, 1.165) is 16.9 Å². The van der Waals surface area contributed by atoms with E-state index in [0.29, 0.717) is 18.7 Å². The molecule has 1 N–H and O–H groups in total. The number of aryl methyl sites for hydroxylation is 2. The van der Waals surface area contributed by atoms with Gasteiger partial charge in [0, 0.05) is 12.1 Å². The lowest BCUT2D eigenvalue weighted by Crippen LogP contribution is -2.20. The second-order valence-corrected chi connectivity index (χ2v) is 4.62. The molecule has 0 aliphatic carbocycles. The van der Waals surface area contributed by atoms with Crippen molar-refractivity contribution < 1.29 is 14.3 Å². The molecule has 1 rings (SSSR count). The SMILES string of the molecule is C#CCC(C)OC(=O)Nc1cc(C)c(OCC)c(C)c1. The third-order valence-corrected chi connectivity index (χ3v) is 2.71. The number of ether oxygens (including phenoxy) is 2. The Hall–Kier alpha value is -2.15. The van der Waals surface area contributed by atoms with Crippen LogP contribution in [0.1, 0.15) is 31.4 Å². The molecule has 0 aromatic heterocycles. The average molecular weight is 275 g/mol. The molecule has 20 heavy (non-hydrogen) atoms. The van der Waals surface area contributed by atoms with Crippen molar-refractivity contribution in [2.24, 2.45) is 0 Å². The van der Waals surface area contributed by atoms with E-state index in [1.54, 1.807) is 6.92 Å². The summed E-state index contributed by atoms with van der Waals surface area (Å²) in [7, 11) is 0. The number of terminal acetylenes is 1. The van der Waals surface area contributed by atoms with Crippen molar-refractivity contribution in [1.82, 2.24) is 0 Å². The summed E-state index contributed by atoms with van der Waals surface area (Å²) in [6.07, 6.45) is 4.76. The molecule has 0 saturated carbocycles. The van der Waals surface area contributed by atoms with Crippen molar-refractivity contribution in [1.29, 1.82) is 0 Å². The molecular weight excluding hydrogens is 254 g/mol. The molecular formula is C16H21NO3.